The summed E-state index contributed by atoms with van der Waals surface area (Å²) in [6, 6.07) is 1.59. The maximum atomic E-state index is 12.4. The minimum Gasteiger partial charge on any atom is -0.444 e. The lowest BCUT2D eigenvalue weighted by molar-refractivity contribution is 0.0485. The van der Waals surface area contributed by atoms with E-state index in [4.69, 9.17) is 4.74 Å². The average molecular weight is 473 g/mol. The van der Waals surface area contributed by atoms with Crippen LogP contribution in [0.3, 0.4) is 0 Å². The molecular formula is C18H25BrN4O4S. The Kier molecular flexibility index (Phi) is 5.73. The monoisotopic (exact) mass is 472 g/mol. The largest absolute Gasteiger partial charge is 0.444 e. The molecule has 0 bridgehead atoms. The molecule has 2 aromatic rings. The summed E-state index contributed by atoms with van der Waals surface area (Å²) in [5.74, 6) is 0. The number of nitrogens with one attached hydrogen (secondary N) is 1. The van der Waals surface area contributed by atoms with Gasteiger partial charge in [-0.2, -0.15) is 0 Å². The van der Waals surface area contributed by atoms with Crippen LogP contribution in [-0.4, -0.2) is 46.9 Å². The molecule has 1 N–H and O–H groups in total. The van der Waals surface area contributed by atoms with Crippen LogP contribution in [0.15, 0.2) is 22.0 Å². The Hall–Kier alpha value is -1.68. The number of amides is 1. The maximum Gasteiger partial charge on any atom is 0.407 e. The number of pyridine rings is 1. The Morgan fingerprint density at radius 2 is 2.07 bits per heavy atom. The highest BCUT2D eigenvalue weighted by Crippen LogP contribution is 2.34. The molecule has 10 heteroatoms. The number of hydrogen-bond donors (Lipinski definition) is 1. The zero-order valence-corrected chi connectivity index (χ0v) is 18.8. The lowest BCUT2D eigenvalue weighted by Crippen LogP contribution is -2.42. The van der Waals surface area contributed by atoms with Crippen LogP contribution >= 0.6 is 15.9 Å². The highest BCUT2D eigenvalue weighted by Gasteiger charge is 2.31. The van der Waals surface area contributed by atoms with Gasteiger partial charge in [0.2, 0.25) is 15.0 Å². The molecule has 0 aromatic carbocycles. The molecule has 2 heterocycles. The third-order valence-corrected chi connectivity index (χ3v) is 5.96. The molecule has 1 aliphatic rings. The number of fused-ring (bicyclic) bond motifs is 1. The predicted octanol–water partition coefficient (Wildman–Crippen LogP) is 3.61. The first-order valence-corrected chi connectivity index (χ1v) is 11.9. The van der Waals surface area contributed by atoms with Crippen molar-refractivity contribution in [2.24, 2.45) is 0 Å². The summed E-state index contributed by atoms with van der Waals surface area (Å²) in [4.78, 5) is 20.6. The Labute approximate surface area is 173 Å². The number of hydrogen-bond acceptors (Lipinski definition) is 6. The summed E-state index contributed by atoms with van der Waals surface area (Å²) in [6.45, 7) is 5.45. The molecule has 1 saturated carbocycles. The molecule has 3 rings (SSSR count). The number of nitrogens with zero attached hydrogens (tertiary/aromatic N) is 3. The van der Waals surface area contributed by atoms with E-state index < -0.39 is 21.5 Å². The van der Waals surface area contributed by atoms with Gasteiger partial charge in [-0.1, -0.05) is 0 Å². The van der Waals surface area contributed by atoms with E-state index in [0.29, 0.717) is 22.1 Å². The summed E-state index contributed by atoms with van der Waals surface area (Å²) in [6.07, 6.45) is 5.36. The minimum atomic E-state index is -3.53. The summed E-state index contributed by atoms with van der Waals surface area (Å²) in [5.41, 5.74) is 0.678. The second kappa shape index (κ2) is 7.62. The van der Waals surface area contributed by atoms with Crippen molar-refractivity contribution in [1.82, 2.24) is 19.9 Å². The van der Waals surface area contributed by atoms with Crippen molar-refractivity contribution >= 4 is 42.9 Å². The van der Waals surface area contributed by atoms with Crippen molar-refractivity contribution in [3.8, 4) is 0 Å². The first-order chi connectivity index (χ1) is 12.9. The molecule has 1 amide bonds. The number of rotatable bonds is 3. The fourth-order valence-corrected chi connectivity index (χ4v) is 4.76. The second-order valence-corrected chi connectivity index (χ2v) is 10.9. The summed E-state index contributed by atoms with van der Waals surface area (Å²) < 4.78 is 32.5. The van der Waals surface area contributed by atoms with Crippen LogP contribution in [0.25, 0.3) is 11.0 Å². The fourth-order valence-electron chi connectivity index (χ4n) is 3.57. The summed E-state index contributed by atoms with van der Waals surface area (Å²) in [7, 11) is -3.53. The Morgan fingerprint density at radius 3 is 2.71 bits per heavy atom. The zero-order chi connectivity index (χ0) is 20.7. The van der Waals surface area contributed by atoms with Crippen molar-refractivity contribution in [1.29, 1.82) is 0 Å². The molecular weight excluding hydrogens is 448 g/mol. The van der Waals surface area contributed by atoms with Crippen molar-refractivity contribution in [3.05, 3.63) is 16.9 Å². The molecule has 2 atom stereocenters. The van der Waals surface area contributed by atoms with Gasteiger partial charge in [0, 0.05) is 18.3 Å². The number of ether oxygens (including phenoxy) is 1. The fraction of sp³-hybridized carbons (Fsp3) is 0.611. The Morgan fingerprint density at radius 1 is 1.36 bits per heavy atom. The normalized spacial score (nSPS) is 20.9. The Bertz CT molecular complexity index is 997. The van der Waals surface area contributed by atoms with Crippen molar-refractivity contribution in [2.75, 3.05) is 6.26 Å². The number of sulfone groups is 1. The lowest BCUT2D eigenvalue weighted by atomic mass is 9.91. The molecule has 1 aliphatic carbocycles. The first-order valence-electron chi connectivity index (χ1n) is 9.17. The third kappa shape index (κ3) is 4.83. The van der Waals surface area contributed by atoms with Gasteiger partial charge in [0.15, 0.2) is 0 Å². The lowest BCUT2D eigenvalue weighted by Gasteiger charge is -2.32. The Balaban J connectivity index is 1.91. The topological polar surface area (TPSA) is 103 Å². The van der Waals surface area contributed by atoms with Crippen LogP contribution in [0.2, 0.25) is 0 Å². The molecule has 28 heavy (non-hydrogen) atoms. The molecule has 0 unspecified atom stereocenters. The number of halogens is 1. The van der Waals surface area contributed by atoms with E-state index in [1.165, 1.54) is 0 Å². The van der Waals surface area contributed by atoms with E-state index >= 15 is 0 Å². The maximum absolute atomic E-state index is 12.4. The van der Waals surface area contributed by atoms with Gasteiger partial charge in [-0.15, -0.1) is 0 Å². The van der Waals surface area contributed by atoms with Gasteiger partial charge in [-0.25, -0.2) is 23.2 Å². The highest BCUT2D eigenvalue weighted by atomic mass is 79.9. The van der Waals surface area contributed by atoms with Gasteiger partial charge in [0.05, 0.1) is 11.7 Å². The summed E-state index contributed by atoms with van der Waals surface area (Å²) >= 11 is 3.35. The molecule has 154 valence electrons. The van der Waals surface area contributed by atoms with Crippen molar-refractivity contribution in [2.45, 2.75) is 69.3 Å². The van der Waals surface area contributed by atoms with Crippen LogP contribution in [0.1, 0.15) is 52.5 Å². The average Bonchev–Trinajstić information content (AvgIpc) is 2.92. The van der Waals surface area contributed by atoms with E-state index in [0.717, 1.165) is 25.5 Å². The van der Waals surface area contributed by atoms with Crippen LogP contribution in [0, 0.1) is 0 Å². The molecule has 0 radical (unpaired) electrons. The van der Waals surface area contributed by atoms with E-state index in [-0.39, 0.29) is 17.2 Å². The van der Waals surface area contributed by atoms with Gasteiger partial charge >= 0.3 is 6.09 Å². The van der Waals surface area contributed by atoms with Crippen molar-refractivity contribution < 1.29 is 17.9 Å². The van der Waals surface area contributed by atoms with Gasteiger partial charge in [0.25, 0.3) is 0 Å². The summed E-state index contributed by atoms with van der Waals surface area (Å²) in [5, 5.41) is 2.95. The third-order valence-electron chi connectivity index (χ3n) is 4.57. The quantitative estimate of drug-likeness (QED) is 0.684. The first kappa shape index (κ1) is 21.0. The molecule has 0 spiro atoms. The molecule has 0 aliphatic heterocycles. The number of carbonyl (C=O) groups excluding carboxylic acids is 1. The standard InChI is InChI=1S/C18H25BrN4O4S/c1-18(2,3)27-17(24)21-11-6-5-7-12(8-11)23-14-9-15(19)20-10-13(14)22-16(23)28(4,25)26/h9-12H,5-8H2,1-4H3,(H,21,24)/t11-,12+/m0/s1. The van der Waals surface area contributed by atoms with Crippen LogP contribution in [0.4, 0.5) is 4.79 Å². The molecule has 1 fully saturated rings. The van der Waals surface area contributed by atoms with Gasteiger partial charge in [-0.05, 0) is 68.5 Å². The minimum absolute atomic E-state index is 0.0327. The SMILES string of the molecule is CC(C)(C)OC(=O)N[C@H]1CCC[C@@H](n2c(S(C)(=O)=O)nc3cnc(Br)cc32)C1. The predicted molar refractivity (Wildman–Crippen MR) is 109 cm³/mol. The second-order valence-electron chi connectivity index (χ2n) is 8.20. The van der Waals surface area contributed by atoms with Crippen LogP contribution in [-0.2, 0) is 14.6 Å². The zero-order valence-electron chi connectivity index (χ0n) is 16.4. The molecule has 0 saturated heterocycles. The molecule has 8 nitrogen and oxygen atoms in total. The molecule has 2 aromatic heterocycles. The van der Waals surface area contributed by atoms with E-state index in [9.17, 15) is 13.2 Å². The number of carbonyl (C=O) groups is 1. The number of aromatic nitrogens is 3. The van der Waals surface area contributed by atoms with Gasteiger partial charge in [0.1, 0.15) is 15.7 Å². The van der Waals surface area contributed by atoms with Gasteiger partial charge < -0.3 is 14.6 Å². The van der Waals surface area contributed by atoms with E-state index in [2.05, 4.69) is 31.2 Å². The van der Waals surface area contributed by atoms with Crippen molar-refractivity contribution in [3.63, 3.8) is 0 Å². The van der Waals surface area contributed by atoms with E-state index in [1.54, 1.807) is 16.8 Å². The van der Waals surface area contributed by atoms with Gasteiger partial charge in [-0.3, -0.25) is 0 Å². The number of imidazole rings is 1. The van der Waals surface area contributed by atoms with E-state index in [1.807, 2.05) is 20.8 Å². The van der Waals surface area contributed by atoms with Crippen LogP contribution in [0.5, 0.6) is 0 Å². The smallest absolute Gasteiger partial charge is 0.407 e. The highest BCUT2D eigenvalue weighted by molar-refractivity contribution is 9.10. The number of alkyl carbamates (subject to hydrolysis) is 1. The van der Waals surface area contributed by atoms with Crippen LogP contribution < -0.4 is 5.32 Å².